The van der Waals surface area contributed by atoms with Crippen molar-refractivity contribution >= 4 is 46.6 Å². The molecule has 0 radical (unpaired) electrons. The lowest BCUT2D eigenvalue weighted by molar-refractivity contribution is -0.132. The Labute approximate surface area is 203 Å². The average molecular weight is 490 g/mol. The van der Waals surface area contributed by atoms with Gasteiger partial charge in [0.15, 0.2) is 0 Å². The van der Waals surface area contributed by atoms with Gasteiger partial charge in [-0.1, -0.05) is 71.2 Å². The summed E-state index contributed by atoms with van der Waals surface area (Å²) in [6, 6.07) is 21.1. The molecule has 1 atom stereocenters. The number of hydrogen-bond donors (Lipinski definition) is 1. The molecular formula is C25H23Cl3N2O2. The number of benzene rings is 3. The van der Waals surface area contributed by atoms with E-state index in [1.807, 2.05) is 36.4 Å². The van der Waals surface area contributed by atoms with Crippen LogP contribution in [-0.2, 0) is 9.59 Å². The van der Waals surface area contributed by atoms with Crippen molar-refractivity contribution in [3.63, 3.8) is 0 Å². The number of nitrogens with one attached hydrogen (secondary N) is 1. The summed E-state index contributed by atoms with van der Waals surface area (Å²) in [6.07, 6.45) is 0.0927. The van der Waals surface area contributed by atoms with Crippen LogP contribution in [0.3, 0.4) is 0 Å². The van der Waals surface area contributed by atoms with Gasteiger partial charge in [-0.2, -0.15) is 0 Å². The fraction of sp³-hybridized carbons (Fsp3) is 0.200. The lowest BCUT2D eigenvalue weighted by atomic mass is 9.96. The van der Waals surface area contributed by atoms with Gasteiger partial charge in [0.05, 0.1) is 18.5 Å². The molecule has 0 bridgehead atoms. The zero-order valence-corrected chi connectivity index (χ0v) is 20.0. The van der Waals surface area contributed by atoms with Crippen LogP contribution < -0.4 is 5.32 Å². The Morgan fingerprint density at radius 1 is 0.750 bits per heavy atom. The first-order valence-corrected chi connectivity index (χ1v) is 11.2. The van der Waals surface area contributed by atoms with Crippen molar-refractivity contribution in [1.29, 1.82) is 0 Å². The molecule has 0 aliphatic carbocycles. The molecule has 166 valence electrons. The van der Waals surface area contributed by atoms with Crippen LogP contribution in [0, 0.1) is 0 Å². The minimum Gasteiger partial charge on any atom is -0.349 e. The zero-order chi connectivity index (χ0) is 23.3. The van der Waals surface area contributed by atoms with E-state index in [4.69, 9.17) is 34.8 Å². The number of hydrogen-bond acceptors (Lipinski definition) is 2. The third kappa shape index (κ3) is 6.26. The number of carbonyl (C=O) groups is 2. The van der Waals surface area contributed by atoms with Crippen molar-refractivity contribution in [1.82, 2.24) is 10.2 Å². The molecule has 0 aliphatic heterocycles. The summed E-state index contributed by atoms with van der Waals surface area (Å²) in [5.41, 5.74) is 2.63. The molecule has 0 aromatic heterocycles. The molecule has 3 aromatic carbocycles. The van der Waals surface area contributed by atoms with Crippen LogP contribution in [0.15, 0.2) is 72.8 Å². The molecule has 0 saturated carbocycles. The second kappa shape index (κ2) is 10.9. The average Bonchev–Trinajstić information content (AvgIpc) is 2.76. The number of carbonyl (C=O) groups excluding carboxylic acids is 2. The van der Waals surface area contributed by atoms with Crippen molar-refractivity contribution in [3.8, 4) is 0 Å². The summed E-state index contributed by atoms with van der Waals surface area (Å²) in [7, 11) is 1.75. The largest absolute Gasteiger partial charge is 0.349 e. The minimum atomic E-state index is -0.476. The standard InChI is InChI=1S/C25H23Cl3N2O2/c1-16(31)29-23(17-3-9-20(26)10-4-17)15-24(32)30(2)25(18-5-11-21(27)12-6-18)19-7-13-22(28)14-8-19/h3-14,23,25H,15H2,1-2H3,(H,29,31). The number of rotatable bonds is 7. The molecule has 2 amide bonds. The third-order valence-electron chi connectivity index (χ3n) is 5.18. The maximum Gasteiger partial charge on any atom is 0.225 e. The van der Waals surface area contributed by atoms with Crippen molar-refractivity contribution in [2.45, 2.75) is 25.4 Å². The molecule has 32 heavy (non-hydrogen) atoms. The normalized spacial score (nSPS) is 11.8. The molecule has 0 spiro atoms. The molecule has 7 heteroatoms. The SMILES string of the molecule is CC(=O)NC(CC(=O)N(C)C(c1ccc(Cl)cc1)c1ccc(Cl)cc1)c1ccc(Cl)cc1. The topological polar surface area (TPSA) is 49.4 Å². The first-order chi connectivity index (χ1) is 15.2. The summed E-state index contributed by atoms with van der Waals surface area (Å²) in [5.74, 6) is -0.346. The lowest BCUT2D eigenvalue weighted by Gasteiger charge is -2.31. The van der Waals surface area contributed by atoms with Crippen molar-refractivity contribution in [3.05, 3.63) is 105 Å². The molecule has 0 fully saturated rings. The van der Waals surface area contributed by atoms with Crippen LogP contribution in [-0.4, -0.2) is 23.8 Å². The van der Waals surface area contributed by atoms with Crippen LogP contribution in [0.25, 0.3) is 0 Å². The highest BCUT2D eigenvalue weighted by atomic mass is 35.5. The summed E-state index contributed by atoms with van der Waals surface area (Å²) in [6.45, 7) is 1.43. The van der Waals surface area contributed by atoms with Gasteiger partial charge in [-0.25, -0.2) is 0 Å². The Bertz CT molecular complexity index is 1020. The van der Waals surface area contributed by atoms with E-state index in [-0.39, 0.29) is 24.3 Å². The summed E-state index contributed by atoms with van der Waals surface area (Å²) >= 11 is 18.1. The van der Waals surface area contributed by atoms with Gasteiger partial charge >= 0.3 is 0 Å². The van der Waals surface area contributed by atoms with Crippen LogP contribution in [0.2, 0.25) is 15.1 Å². The van der Waals surface area contributed by atoms with Crippen molar-refractivity contribution in [2.75, 3.05) is 7.05 Å². The van der Waals surface area contributed by atoms with E-state index in [2.05, 4.69) is 5.32 Å². The molecule has 1 N–H and O–H groups in total. The second-order valence-electron chi connectivity index (χ2n) is 7.52. The number of nitrogens with zero attached hydrogens (tertiary/aromatic N) is 1. The Morgan fingerprint density at radius 2 is 1.12 bits per heavy atom. The van der Waals surface area contributed by atoms with E-state index in [1.54, 1.807) is 48.3 Å². The van der Waals surface area contributed by atoms with E-state index in [0.29, 0.717) is 15.1 Å². The van der Waals surface area contributed by atoms with E-state index in [0.717, 1.165) is 16.7 Å². The van der Waals surface area contributed by atoms with Gasteiger partial charge in [-0.05, 0) is 53.1 Å². The van der Waals surface area contributed by atoms with E-state index < -0.39 is 6.04 Å². The Morgan fingerprint density at radius 3 is 1.50 bits per heavy atom. The molecule has 0 saturated heterocycles. The molecule has 3 aromatic rings. The molecule has 3 rings (SSSR count). The number of amides is 2. The van der Waals surface area contributed by atoms with Gasteiger partial charge in [-0.15, -0.1) is 0 Å². The highest BCUT2D eigenvalue weighted by molar-refractivity contribution is 6.31. The molecule has 4 nitrogen and oxygen atoms in total. The highest BCUT2D eigenvalue weighted by Gasteiger charge is 2.26. The van der Waals surface area contributed by atoms with Gasteiger partial charge in [0.2, 0.25) is 11.8 Å². The number of halogens is 3. The predicted molar refractivity (Wildman–Crippen MR) is 130 cm³/mol. The minimum absolute atomic E-state index is 0.0927. The van der Waals surface area contributed by atoms with Crippen LogP contribution in [0.5, 0.6) is 0 Å². The Kier molecular flexibility index (Phi) is 8.19. The fourth-order valence-corrected chi connectivity index (χ4v) is 3.96. The Hall–Kier alpha value is -2.53. The Balaban J connectivity index is 1.91. The molecule has 1 unspecified atom stereocenters. The van der Waals surface area contributed by atoms with E-state index in [1.165, 1.54) is 6.92 Å². The van der Waals surface area contributed by atoms with Gasteiger partial charge in [0.25, 0.3) is 0 Å². The van der Waals surface area contributed by atoms with Crippen LogP contribution in [0.1, 0.15) is 42.1 Å². The van der Waals surface area contributed by atoms with Gasteiger partial charge in [-0.3, -0.25) is 9.59 Å². The molecule has 0 aliphatic rings. The fourth-order valence-electron chi connectivity index (χ4n) is 3.59. The summed E-state index contributed by atoms with van der Waals surface area (Å²) < 4.78 is 0. The predicted octanol–water partition coefficient (Wildman–Crippen LogP) is 6.46. The lowest BCUT2D eigenvalue weighted by Crippen LogP contribution is -2.36. The van der Waals surface area contributed by atoms with E-state index >= 15 is 0 Å². The maximum absolute atomic E-state index is 13.4. The highest BCUT2D eigenvalue weighted by Crippen LogP contribution is 2.31. The molecule has 0 heterocycles. The first-order valence-electron chi connectivity index (χ1n) is 10.0. The molecular weight excluding hydrogens is 467 g/mol. The second-order valence-corrected chi connectivity index (χ2v) is 8.83. The monoisotopic (exact) mass is 488 g/mol. The smallest absolute Gasteiger partial charge is 0.225 e. The maximum atomic E-state index is 13.4. The van der Waals surface area contributed by atoms with Crippen molar-refractivity contribution in [2.24, 2.45) is 0 Å². The summed E-state index contributed by atoms with van der Waals surface area (Å²) in [4.78, 5) is 26.9. The van der Waals surface area contributed by atoms with Crippen LogP contribution >= 0.6 is 34.8 Å². The summed E-state index contributed by atoms with van der Waals surface area (Å²) in [5, 5.41) is 4.69. The van der Waals surface area contributed by atoms with Gasteiger partial charge in [0.1, 0.15) is 0 Å². The van der Waals surface area contributed by atoms with E-state index in [9.17, 15) is 9.59 Å². The first kappa shape index (κ1) is 24.1. The quantitative estimate of drug-likeness (QED) is 0.414. The van der Waals surface area contributed by atoms with Crippen LogP contribution in [0.4, 0.5) is 0 Å². The van der Waals surface area contributed by atoms with Crippen molar-refractivity contribution < 1.29 is 9.59 Å². The van der Waals surface area contributed by atoms with Gasteiger partial charge < -0.3 is 10.2 Å². The van der Waals surface area contributed by atoms with Gasteiger partial charge in [0, 0.05) is 29.0 Å². The zero-order valence-electron chi connectivity index (χ0n) is 17.7. The third-order valence-corrected chi connectivity index (χ3v) is 5.94.